The molecule has 0 bridgehead atoms. The van der Waals surface area contributed by atoms with Gasteiger partial charge in [-0.05, 0) is 25.3 Å². The Kier molecular flexibility index (Phi) is 2.68. The predicted octanol–water partition coefficient (Wildman–Crippen LogP) is 1.31. The van der Waals surface area contributed by atoms with Crippen molar-refractivity contribution in [3.63, 3.8) is 0 Å². The van der Waals surface area contributed by atoms with Crippen LogP contribution in [0.1, 0.15) is 18.7 Å². The molecule has 1 aliphatic rings. The number of aryl methyl sites for hydroxylation is 1. The van der Waals surface area contributed by atoms with Gasteiger partial charge in [-0.15, -0.1) is 0 Å². The predicted molar refractivity (Wildman–Crippen MR) is 65.2 cm³/mol. The number of rotatable bonds is 5. The first-order valence-electron chi connectivity index (χ1n) is 6.05. The van der Waals surface area contributed by atoms with Crippen molar-refractivity contribution in [1.82, 2.24) is 25.1 Å². The van der Waals surface area contributed by atoms with Gasteiger partial charge in [0.05, 0.1) is 24.6 Å². The fourth-order valence-corrected chi connectivity index (χ4v) is 1.88. The molecule has 2 N–H and O–H groups in total. The number of H-pyrrole nitrogens is 1. The molecule has 0 spiro atoms. The van der Waals surface area contributed by atoms with Crippen LogP contribution in [0.15, 0.2) is 18.6 Å². The first-order valence-corrected chi connectivity index (χ1v) is 6.05. The third-order valence-electron chi connectivity index (χ3n) is 3.07. The Labute approximate surface area is 100 Å². The fourth-order valence-electron chi connectivity index (χ4n) is 1.88. The van der Waals surface area contributed by atoms with E-state index in [0.717, 1.165) is 36.1 Å². The smallest absolute Gasteiger partial charge is 0.120 e. The van der Waals surface area contributed by atoms with Crippen LogP contribution in [-0.2, 0) is 13.6 Å². The number of hydrogen-bond acceptors (Lipinski definition) is 3. The van der Waals surface area contributed by atoms with Crippen molar-refractivity contribution < 1.29 is 0 Å². The van der Waals surface area contributed by atoms with Gasteiger partial charge in [-0.1, -0.05) is 0 Å². The van der Waals surface area contributed by atoms with Gasteiger partial charge in [0.25, 0.3) is 0 Å². The molecule has 0 amide bonds. The molecular weight excluding hydrogens is 214 g/mol. The van der Waals surface area contributed by atoms with Crippen molar-refractivity contribution in [2.45, 2.75) is 19.4 Å². The topological polar surface area (TPSA) is 58.5 Å². The maximum atomic E-state index is 4.36. The van der Waals surface area contributed by atoms with Crippen LogP contribution in [0.4, 0.5) is 0 Å². The molecule has 0 radical (unpaired) electrons. The van der Waals surface area contributed by atoms with Crippen molar-refractivity contribution in [3.05, 3.63) is 24.4 Å². The van der Waals surface area contributed by atoms with Crippen molar-refractivity contribution in [2.75, 3.05) is 6.54 Å². The van der Waals surface area contributed by atoms with Crippen LogP contribution >= 0.6 is 0 Å². The van der Waals surface area contributed by atoms with Crippen molar-refractivity contribution in [1.29, 1.82) is 0 Å². The molecule has 1 aliphatic carbocycles. The van der Waals surface area contributed by atoms with Gasteiger partial charge >= 0.3 is 0 Å². The van der Waals surface area contributed by atoms with Crippen molar-refractivity contribution >= 4 is 0 Å². The standard InChI is InChI=1S/C12H17N5/c1-17-8-10(5-15-17)11-6-14-12(16-11)7-13-4-9-2-3-9/h5-6,8-9,13H,2-4,7H2,1H3,(H,14,16). The fraction of sp³-hybridized carbons (Fsp3) is 0.500. The monoisotopic (exact) mass is 231 g/mol. The van der Waals surface area contributed by atoms with E-state index < -0.39 is 0 Å². The Hall–Kier alpha value is -1.62. The highest BCUT2D eigenvalue weighted by atomic mass is 15.2. The molecule has 1 saturated carbocycles. The number of nitrogens with zero attached hydrogens (tertiary/aromatic N) is 3. The number of hydrogen-bond donors (Lipinski definition) is 2. The molecule has 5 heteroatoms. The Morgan fingerprint density at radius 1 is 1.47 bits per heavy atom. The largest absolute Gasteiger partial charge is 0.341 e. The minimum Gasteiger partial charge on any atom is -0.341 e. The molecule has 0 saturated heterocycles. The summed E-state index contributed by atoms with van der Waals surface area (Å²) in [5.74, 6) is 1.90. The van der Waals surface area contributed by atoms with Crippen LogP contribution in [-0.4, -0.2) is 26.3 Å². The van der Waals surface area contributed by atoms with E-state index in [9.17, 15) is 0 Å². The van der Waals surface area contributed by atoms with Gasteiger partial charge in [0, 0.05) is 18.8 Å². The Bertz CT molecular complexity index is 494. The molecule has 2 aromatic heterocycles. The summed E-state index contributed by atoms with van der Waals surface area (Å²) in [6, 6.07) is 0. The summed E-state index contributed by atoms with van der Waals surface area (Å²) in [5.41, 5.74) is 2.11. The highest BCUT2D eigenvalue weighted by Gasteiger charge is 2.20. The Morgan fingerprint density at radius 3 is 3.06 bits per heavy atom. The molecule has 0 aromatic carbocycles. The molecule has 2 aromatic rings. The average molecular weight is 231 g/mol. The van der Waals surface area contributed by atoms with Crippen molar-refractivity contribution in [3.8, 4) is 11.3 Å². The second-order valence-corrected chi connectivity index (χ2v) is 4.72. The molecule has 0 aliphatic heterocycles. The van der Waals surface area contributed by atoms with E-state index in [1.54, 1.807) is 4.68 Å². The zero-order chi connectivity index (χ0) is 11.7. The van der Waals surface area contributed by atoms with E-state index in [0.29, 0.717) is 0 Å². The summed E-state index contributed by atoms with van der Waals surface area (Å²) in [6.07, 6.45) is 8.45. The van der Waals surface area contributed by atoms with E-state index >= 15 is 0 Å². The van der Waals surface area contributed by atoms with Gasteiger partial charge in [0.15, 0.2) is 0 Å². The van der Waals surface area contributed by atoms with Crippen LogP contribution < -0.4 is 5.32 Å². The number of aromatic amines is 1. The van der Waals surface area contributed by atoms with Gasteiger partial charge in [0.2, 0.25) is 0 Å². The van der Waals surface area contributed by atoms with E-state index in [2.05, 4.69) is 20.4 Å². The molecule has 5 nitrogen and oxygen atoms in total. The Balaban J connectivity index is 1.61. The third kappa shape index (κ3) is 2.55. The summed E-state index contributed by atoms with van der Waals surface area (Å²) < 4.78 is 1.79. The molecule has 0 unspecified atom stereocenters. The minimum atomic E-state index is 0.816. The van der Waals surface area contributed by atoms with Crippen LogP contribution in [0.3, 0.4) is 0 Å². The van der Waals surface area contributed by atoms with Gasteiger partial charge in [0.1, 0.15) is 5.82 Å². The van der Waals surface area contributed by atoms with Crippen LogP contribution in [0, 0.1) is 5.92 Å². The summed E-state index contributed by atoms with van der Waals surface area (Å²) in [4.78, 5) is 7.67. The lowest BCUT2D eigenvalue weighted by atomic mass is 10.3. The summed E-state index contributed by atoms with van der Waals surface area (Å²) in [6.45, 7) is 1.93. The zero-order valence-electron chi connectivity index (χ0n) is 9.98. The maximum absolute atomic E-state index is 4.36. The lowest BCUT2D eigenvalue weighted by molar-refractivity contribution is 0.623. The molecular formula is C12H17N5. The molecule has 1 fully saturated rings. The molecule has 3 rings (SSSR count). The van der Waals surface area contributed by atoms with E-state index in [1.807, 2.05) is 25.6 Å². The zero-order valence-corrected chi connectivity index (χ0v) is 9.98. The summed E-state index contributed by atoms with van der Waals surface area (Å²) in [5, 5.41) is 7.57. The number of imidazole rings is 1. The minimum absolute atomic E-state index is 0.816. The normalized spacial score (nSPS) is 15.4. The average Bonchev–Trinajstić information content (AvgIpc) is 2.85. The number of aromatic nitrogens is 4. The lowest BCUT2D eigenvalue weighted by Gasteiger charge is -1.99. The van der Waals surface area contributed by atoms with Crippen LogP contribution in [0.5, 0.6) is 0 Å². The van der Waals surface area contributed by atoms with Gasteiger partial charge in [-0.2, -0.15) is 5.10 Å². The quantitative estimate of drug-likeness (QED) is 0.815. The lowest BCUT2D eigenvalue weighted by Crippen LogP contribution is -2.16. The SMILES string of the molecule is Cn1cc(-c2cnc(CNCC3CC3)[nH]2)cn1. The van der Waals surface area contributed by atoms with E-state index in [1.165, 1.54) is 12.8 Å². The Morgan fingerprint density at radius 2 is 2.35 bits per heavy atom. The maximum Gasteiger partial charge on any atom is 0.120 e. The highest BCUT2D eigenvalue weighted by Crippen LogP contribution is 2.27. The van der Waals surface area contributed by atoms with E-state index in [-0.39, 0.29) is 0 Å². The second-order valence-electron chi connectivity index (χ2n) is 4.72. The number of nitrogens with one attached hydrogen (secondary N) is 2. The summed E-state index contributed by atoms with van der Waals surface area (Å²) >= 11 is 0. The molecule has 0 atom stereocenters. The van der Waals surface area contributed by atoms with Crippen LogP contribution in [0.25, 0.3) is 11.3 Å². The van der Waals surface area contributed by atoms with Gasteiger partial charge in [-0.25, -0.2) is 4.98 Å². The molecule has 17 heavy (non-hydrogen) atoms. The van der Waals surface area contributed by atoms with E-state index in [4.69, 9.17) is 0 Å². The first kappa shape index (κ1) is 10.5. The van der Waals surface area contributed by atoms with Gasteiger partial charge < -0.3 is 10.3 Å². The first-order chi connectivity index (χ1) is 8.31. The van der Waals surface area contributed by atoms with Crippen LogP contribution in [0.2, 0.25) is 0 Å². The van der Waals surface area contributed by atoms with Crippen molar-refractivity contribution in [2.24, 2.45) is 13.0 Å². The van der Waals surface area contributed by atoms with Gasteiger partial charge in [-0.3, -0.25) is 4.68 Å². The molecule has 2 heterocycles. The highest BCUT2D eigenvalue weighted by molar-refractivity contribution is 5.55. The molecule has 90 valence electrons. The second kappa shape index (κ2) is 4.33. The third-order valence-corrected chi connectivity index (χ3v) is 3.07. The summed E-state index contributed by atoms with van der Waals surface area (Å²) in [7, 11) is 1.91.